The lowest BCUT2D eigenvalue weighted by atomic mass is 9.93. The summed E-state index contributed by atoms with van der Waals surface area (Å²) in [5.41, 5.74) is 1.21. The van der Waals surface area contributed by atoms with Crippen LogP contribution in [0.1, 0.15) is 37.3 Å². The standard InChI is InChI=1S/C16H26N4O2/c21-10-9-20-15(3-6-18-20)14-4-7-19(8-5-14)12-16(22)17-11-13-1-2-13/h3,6,13-14,21H,1-2,4-5,7-12H2,(H,17,22). The number of hydrogen-bond acceptors (Lipinski definition) is 4. The molecular formula is C16H26N4O2. The van der Waals surface area contributed by atoms with E-state index >= 15 is 0 Å². The predicted molar refractivity (Wildman–Crippen MR) is 83.5 cm³/mol. The van der Waals surface area contributed by atoms with E-state index in [1.165, 1.54) is 18.5 Å². The summed E-state index contributed by atoms with van der Waals surface area (Å²) in [5, 5.41) is 16.4. The number of aromatic nitrogens is 2. The molecular weight excluding hydrogens is 280 g/mol. The van der Waals surface area contributed by atoms with Crippen molar-refractivity contribution in [1.82, 2.24) is 20.0 Å². The van der Waals surface area contributed by atoms with Gasteiger partial charge >= 0.3 is 0 Å². The molecule has 0 radical (unpaired) electrons. The molecule has 2 heterocycles. The van der Waals surface area contributed by atoms with Gasteiger partial charge in [0, 0.05) is 24.4 Å². The molecule has 2 aliphatic rings. The average Bonchev–Trinajstić information content (AvgIpc) is 3.25. The number of likely N-dealkylation sites (tertiary alicyclic amines) is 1. The molecule has 3 rings (SSSR count). The first-order chi connectivity index (χ1) is 10.8. The van der Waals surface area contributed by atoms with E-state index in [-0.39, 0.29) is 12.5 Å². The maximum Gasteiger partial charge on any atom is 0.234 e. The van der Waals surface area contributed by atoms with Crippen LogP contribution < -0.4 is 5.32 Å². The number of hydrogen-bond donors (Lipinski definition) is 2. The first-order valence-corrected chi connectivity index (χ1v) is 8.38. The number of carbonyl (C=O) groups is 1. The Kier molecular flexibility index (Phi) is 5.10. The second-order valence-corrected chi connectivity index (χ2v) is 6.50. The van der Waals surface area contributed by atoms with Gasteiger partial charge in [-0.3, -0.25) is 14.4 Å². The second kappa shape index (κ2) is 7.24. The van der Waals surface area contributed by atoms with E-state index in [2.05, 4.69) is 21.4 Å². The molecule has 6 nitrogen and oxygen atoms in total. The highest BCUT2D eigenvalue weighted by Crippen LogP contribution is 2.28. The van der Waals surface area contributed by atoms with E-state index in [1.54, 1.807) is 0 Å². The quantitative estimate of drug-likeness (QED) is 0.773. The van der Waals surface area contributed by atoms with E-state index < -0.39 is 0 Å². The van der Waals surface area contributed by atoms with Crippen LogP contribution in [0.3, 0.4) is 0 Å². The van der Waals surface area contributed by atoms with Gasteiger partial charge < -0.3 is 10.4 Å². The van der Waals surface area contributed by atoms with Crippen LogP contribution in [0, 0.1) is 5.92 Å². The highest BCUT2D eigenvalue weighted by molar-refractivity contribution is 5.78. The van der Waals surface area contributed by atoms with Crippen LogP contribution in [-0.2, 0) is 11.3 Å². The fourth-order valence-corrected chi connectivity index (χ4v) is 3.20. The van der Waals surface area contributed by atoms with Crippen LogP contribution >= 0.6 is 0 Å². The molecule has 1 saturated carbocycles. The molecule has 1 aromatic heterocycles. The molecule has 0 unspecified atom stereocenters. The fraction of sp³-hybridized carbons (Fsp3) is 0.750. The van der Waals surface area contributed by atoms with E-state index in [1.807, 2.05) is 10.9 Å². The van der Waals surface area contributed by atoms with Crippen molar-refractivity contribution in [2.24, 2.45) is 5.92 Å². The van der Waals surface area contributed by atoms with Crippen LogP contribution in [0.2, 0.25) is 0 Å². The Morgan fingerprint density at radius 2 is 2.09 bits per heavy atom. The van der Waals surface area contributed by atoms with Gasteiger partial charge in [-0.2, -0.15) is 5.10 Å². The van der Waals surface area contributed by atoms with Crippen molar-refractivity contribution in [3.63, 3.8) is 0 Å². The lowest BCUT2D eigenvalue weighted by Crippen LogP contribution is -2.41. The number of aliphatic hydroxyl groups is 1. The smallest absolute Gasteiger partial charge is 0.234 e. The van der Waals surface area contributed by atoms with Gasteiger partial charge in [0.05, 0.1) is 19.7 Å². The SMILES string of the molecule is O=C(CN1CCC(c2ccnn2CCO)CC1)NCC1CC1. The number of nitrogens with one attached hydrogen (secondary N) is 1. The molecule has 1 aliphatic carbocycles. The highest BCUT2D eigenvalue weighted by atomic mass is 16.3. The molecule has 1 aliphatic heterocycles. The van der Waals surface area contributed by atoms with Gasteiger partial charge in [0.15, 0.2) is 0 Å². The Balaban J connectivity index is 1.43. The number of aliphatic hydroxyl groups excluding tert-OH is 1. The van der Waals surface area contributed by atoms with Crippen LogP contribution in [0.25, 0.3) is 0 Å². The molecule has 6 heteroatoms. The van der Waals surface area contributed by atoms with Crippen LogP contribution in [0.5, 0.6) is 0 Å². The van der Waals surface area contributed by atoms with E-state index in [9.17, 15) is 4.79 Å². The summed E-state index contributed by atoms with van der Waals surface area (Å²) >= 11 is 0. The summed E-state index contributed by atoms with van der Waals surface area (Å²) in [7, 11) is 0. The van der Waals surface area contributed by atoms with Crippen LogP contribution in [0.15, 0.2) is 12.3 Å². The van der Waals surface area contributed by atoms with E-state index in [0.717, 1.165) is 38.4 Å². The maximum atomic E-state index is 11.9. The van der Waals surface area contributed by atoms with E-state index in [0.29, 0.717) is 19.0 Å². The number of amides is 1. The predicted octanol–water partition coefficient (Wildman–Crippen LogP) is 0.581. The zero-order valence-electron chi connectivity index (χ0n) is 13.1. The van der Waals surface area contributed by atoms with Crippen LogP contribution in [0.4, 0.5) is 0 Å². The van der Waals surface area contributed by atoms with Crippen LogP contribution in [-0.4, -0.2) is 58.5 Å². The summed E-state index contributed by atoms with van der Waals surface area (Å²) in [4.78, 5) is 14.1. The summed E-state index contributed by atoms with van der Waals surface area (Å²) in [6, 6.07) is 2.05. The van der Waals surface area contributed by atoms with Gasteiger partial charge in [-0.05, 0) is 50.8 Å². The molecule has 122 valence electrons. The second-order valence-electron chi connectivity index (χ2n) is 6.50. The number of carbonyl (C=O) groups excluding carboxylic acids is 1. The van der Waals surface area contributed by atoms with Gasteiger partial charge in [-0.25, -0.2) is 0 Å². The van der Waals surface area contributed by atoms with Gasteiger partial charge in [0.1, 0.15) is 0 Å². The van der Waals surface area contributed by atoms with E-state index in [4.69, 9.17) is 5.11 Å². The fourth-order valence-electron chi connectivity index (χ4n) is 3.20. The molecule has 1 saturated heterocycles. The van der Waals surface area contributed by atoms with Crippen molar-refractivity contribution in [2.45, 2.75) is 38.1 Å². The molecule has 0 spiro atoms. The lowest BCUT2D eigenvalue weighted by Gasteiger charge is -2.31. The summed E-state index contributed by atoms with van der Waals surface area (Å²) in [6.07, 6.45) is 6.45. The number of nitrogens with zero attached hydrogens (tertiary/aromatic N) is 3. The molecule has 2 N–H and O–H groups in total. The number of piperidine rings is 1. The lowest BCUT2D eigenvalue weighted by molar-refractivity contribution is -0.122. The molecule has 0 aromatic carbocycles. The van der Waals surface area contributed by atoms with Crippen molar-refractivity contribution >= 4 is 5.91 Å². The minimum absolute atomic E-state index is 0.120. The maximum absolute atomic E-state index is 11.9. The largest absolute Gasteiger partial charge is 0.394 e. The van der Waals surface area contributed by atoms with Gasteiger partial charge in [-0.15, -0.1) is 0 Å². The van der Waals surface area contributed by atoms with Crippen molar-refractivity contribution in [3.8, 4) is 0 Å². The molecule has 2 fully saturated rings. The monoisotopic (exact) mass is 306 g/mol. The molecule has 22 heavy (non-hydrogen) atoms. The summed E-state index contributed by atoms with van der Waals surface area (Å²) < 4.78 is 1.91. The van der Waals surface area contributed by atoms with Crippen molar-refractivity contribution in [2.75, 3.05) is 32.8 Å². The van der Waals surface area contributed by atoms with Crippen molar-refractivity contribution in [3.05, 3.63) is 18.0 Å². The summed E-state index contributed by atoms with van der Waals surface area (Å²) in [6.45, 7) is 3.96. The Bertz CT molecular complexity index is 490. The Morgan fingerprint density at radius 1 is 1.32 bits per heavy atom. The van der Waals surface area contributed by atoms with Gasteiger partial charge in [0.25, 0.3) is 0 Å². The molecule has 1 aromatic rings. The normalized spacial score (nSPS) is 20.2. The minimum atomic E-state index is 0.120. The molecule has 1 amide bonds. The Morgan fingerprint density at radius 3 is 2.77 bits per heavy atom. The average molecular weight is 306 g/mol. The third kappa shape index (κ3) is 4.08. The Labute approximate surface area is 131 Å². The zero-order valence-corrected chi connectivity index (χ0v) is 13.1. The summed E-state index contributed by atoms with van der Waals surface area (Å²) in [5.74, 6) is 1.39. The topological polar surface area (TPSA) is 70.4 Å². The van der Waals surface area contributed by atoms with Crippen molar-refractivity contribution in [1.29, 1.82) is 0 Å². The molecule has 0 bridgehead atoms. The third-order valence-electron chi connectivity index (χ3n) is 4.72. The first kappa shape index (κ1) is 15.5. The van der Waals surface area contributed by atoms with Gasteiger partial charge in [-0.1, -0.05) is 0 Å². The first-order valence-electron chi connectivity index (χ1n) is 8.38. The highest BCUT2D eigenvalue weighted by Gasteiger charge is 2.25. The molecule has 0 atom stereocenters. The zero-order chi connectivity index (χ0) is 15.4. The van der Waals surface area contributed by atoms with Gasteiger partial charge in [0.2, 0.25) is 5.91 Å². The number of rotatable bonds is 7. The third-order valence-corrected chi connectivity index (χ3v) is 4.72. The minimum Gasteiger partial charge on any atom is -0.394 e. The van der Waals surface area contributed by atoms with Crippen molar-refractivity contribution < 1.29 is 9.90 Å². The Hall–Kier alpha value is -1.40.